The van der Waals surface area contributed by atoms with Crippen molar-refractivity contribution >= 4 is 40.2 Å². The fourth-order valence-corrected chi connectivity index (χ4v) is 7.23. The molecule has 0 bridgehead atoms. The molecule has 3 aromatic heterocycles. The van der Waals surface area contributed by atoms with Crippen molar-refractivity contribution in [1.29, 1.82) is 0 Å². The summed E-state index contributed by atoms with van der Waals surface area (Å²) in [4.78, 5) is 27.6. The summed E-state index contributed by atoms with van der Waals surface area (Å²) >= 11 is 0.633. The zero-order valence-electron chi connectivity index (χ0n) is 19.7. The SMILES string of the molecule is CN1C[C@@H](Nc2nc(N3CCC(c4cc(-c5cccs5)[nH]n4)CC3)nc3c2[S+]([O-])CC3)CCC1=O. The number of rotatable bonds is 5. The number of aromatic amines is 1. The Balaban J connectivity index is 1.17. The van der Waals surface area contributed by atoms with Gasteiger partial charge in [-0.2, -0.15) is 10.1 Å². The number of amides is 1. The van der Waals surface area contributed by atoms with Crippen LogP contribution in [0.5, 0.6) is 0 Å². The molecule has 0 aromatic carbocycles. The minimum absolute atomic E-state index is 0.102. The van der Waals surface area contributed by atoms with Crippen LogP contribution < -0.4 is 10.2 Å². The number of nitrogens with one attached hydrogen (secondary N) is 2. The van der Waals surface area contributed by atoms with E-state index in [0.717, 1.165) is 54.3 Å². The Bertz CT molecular complexity index is 1210. The first kappa shape index (κ1) is 22.8. The summed E-state index contributed by atoms with van der Waals surface area (Å²) in [7, 11) is 1.83. The Morgan fingerprint density at radius 1 is 1.23 bits per heavy atom. The van der Waals surface area contributed by atoms with Gasteiger partial charge in [-0.05, 0) is 48.0 Å². The molecule has 11 heteroatoms. The van der Waals surface area contributed by atoms with Gasteiger partial charge in [-0.3, -0.25) is 9.89 Å². The molecule has 6 rings (SSSR count). The third-order valence-corrected chi connectivity index (χ3v) is 9.59. The molecule has 3 aromatic rings. The summed E-state index contributed by atoms with van der Waals surface area (Å²) in [6, 6.07) is 6.45. The van der Waals surface area contributed by atoms with Crippen LogP contribution in [0.15, 0.2) is 28.5 Å². The maximum absolute atomic E-state index is 12.7. The van der Waals surface area contributed by atoms with E-state index in [9.17, 15) is 9.35 Å². The molecule has 6 heterocycles. The summed E-state index contributed by atoms with van der Waals surface area (Å²) in [5.74, 6) is 2.57. The second kappa shape index (κ2) is 9.44. The number of piperidine rings is 2. The highest BCUT2D eigenvalue weighted by Gasteiger charge is 2.35. The number of thiophene rings is 1. The Morgan fingerprint density at radius 3 is 2.86 bits per heavy atom. The maximum atomic E-state index is 12.7. The molecule has 0 spiro atoms. The van der Waals surface area contributed by atoms with Gasteiger partial charge in [0.05, 0.1) is 16.3 Å². The van der Waals surface area contributed by atoms with Crippen LogP contribution in [0.3, 0.4) is 0 Å². The van der Waals surface area contributed by atoms with Gasteiger partial charge in [0.15, 0.2) is 5.82 Å². The van der Waals surface area contributed by atoms with Gasteiger partial charge < -0.3 is 19.7 Å². The topological polar surface area (TPSA) is 113 Å². The van der Waals surface area contributed by atoms with Crippen molar-refractivity contribution in [2.75, 3.05) is 42.7 Å². The molecule has 3 aliphatic rings. The van der Waals surface area contributed by atoms with Gasteiger partial charge in [0, 0.05) is 51.5 Å². The highest BCUT2D eigenvalue weighted by Crippen LogP contribution is 2.35. The van der Waals surface area contributed by atoms with Crippen molar-refractivity contribution in [1.82, 2.24) is 25.1 Å². The normalized spacial score (nSPS) is 23.1. The lowest BCUT2D eigenvalue weighted by Crippen LogP contribution is -2.43. The van der Waals surface area contributed by atoms with Crippen molar-refractivity contribution in [3.05, 3.63) is 35.0 Å². The average Bonchev–Trinajstić information content (AvgIpc) is 3.63. The molecule has 0 aliphatic carbocycles. The van der Waals surface area contributed by atoms with Crippen molar-refractivity contribution in [3.63, 3.8) is 0 Å². The van der Waals surface area contributed by atoms with Gasteiger partial charge in [-0.15, -0.1) is 11.3 Å². The Morgan fingerprint density at radius 2 is 2.09 bits per heavy atom. The first-order chi connectivity index (χ1) is 17.0. The van der Waals surface area contributed by atoms with Crippen LogP contribution in [0, 0.1) is 0 Å². The minimum Gasteiger partial charge on any atom is -0.611 e. The molecule has 2 fully saturated rings. The molecule has 0 radical (unpaired) electrons. The molecule has 184 valence electrons. The summed E-state index contributed by atoms with van der Waals surface area (Å²) < 4.78 is 12.7. The second-order valence-corrected chi connectivity index (χ2v) is 12.0. The van der Waals surface area contributed by atoms with E-state index in [1.54, 1.807) is 16.2 Å². The van der Waals surface area contributed by atoms with E-state index < -0.39 is 11.2 Å². The smallest absolute Gasteiger partial charge is 0.227 e. The number of carbonyl (C=O) groups excluding carboxylic acids is 1. The van der Waals surface area contributed by atoms with Gasteiger partial charge in [0.25, 0.3) is 0 Å². The number of anilines is 2. The van der Waals surface area contributed by atoms with Crippen molar-refractivity contribution in [2.45, 2.75) is 49.0 Å². The van der Waals surface area contributed by atoms with Crippen LogP contribution in [0.4, 0.5) is 11.8 Å². The van der Waals surface area contributed by atoms with Gasteiger partial charge in [0.1, 0.15) is 11.4 Å². The van der Waals surface area contributed by atoms with Gasteiger partial charge in [0.2, 0.25) is 16.8 Å². The lowest BCUT2D eigenvalue weighted by Gasteiger charge is -2.33. The molecule has 2 saturated heterocycles. The summed E-state index contributed by atoms with van der Waals surface area (Å²) in [5.41, 5.74) is 3.10. The van der Waals surface area contributed by atoms with Crippen molar-refractivity contribution < 1.29 is 9.35 Å². The van der Waals surface area contributed by atoms with E-state index in [0.29, 0.717) is 42.8 Å². The Kier molecular flexibility index (Phi) is 6.15. The standard InChI is InChI=1S/C24H29N7O2S2/c1-30-14-16(4-5-21(30)32)25-23-22-17(8-12-35(22)33)26-24(27-23)31-9-6-15(7-10-31)18-13-19(29-28-18)20-3-2-11-34-20/h2-3,11,13,15-16H,4-10,12,14H2,1H3,(H,28,29)(H,25,26,27)/t16-,35?/m0/s1. The van der Waals surface area contributed by atoms with Crippen LogP contribution in [0.25, 0.3) is 10.6 Å². The number of carbonyl (C=O) groups is 1. The Hall–Kier alpha value is -2.63. The highest BCUT2D eigenvalue weighted by molar-refractivity contribution is 7.91. The van der Waals surface area contributed by atoms with Crippen LogP contribution in [0.1, 0.15) is 43.0 Å². The van der Waals surface area contributed by atoms with Crippen LogP contribution in [-0.4, -0.2) is 74.0 Å². The first-order valence-corrected chi connectivity index (χ1v) is 14.4. The molecule has 2 atom stereocenters. The van der Waals surface area contributed by atoms with Crippen LogP contribution >= 0.6 is 11.3 Å². The lowest BCUT2D eigenvalue weighted by atomic mass is 9.93. The molecule has 1 amide bonds. The molecule has 35 heavy (non-hydrogen) atoms. The van der Waals surface area contributed by atoms with Gasteiger partial charge in [-0.25, -0.2) is 4.98 Å². The largest absolute Gasteiger partial charge is 0.611 e. The third kappa shape index (κ3) is 4.52. The number of hydrogen-bond donors (Lipinski definition) is 2. The quantitative estimate of drug-likeness (QED) is 0.506. The fraction of sp³-hybridized carbons (Fsp3) is 0.500. The number of likely N-dealkylation sites (tertiary alicyclic amines) is 1. The maximum Gasteiger partial charge on any atom is 0.227 e. The van der Waals surface area contributed by atoms with E-state index in [2.05, 4.69) is 44.0 Å². The van der Waals surface area contributed by atoms with Gasteiger partial charge >= 0.3 is 0 Å². The third-order valence-electron chi connectivity index (χ3n) is 7.22. The van der Waals surface area contributed by atoms with E-state index in [4.69, 9.17) is 9.97 Å². The number of aromatic nitrogens is 4. The zero-order chi connectivity index (χ0) is 23.9. The molecule has 1 unspecified atom stereocenters. The predicted molar refractivity (Wildman–Crippen MR) is 137 cm³/mol. The molecule has 9 nitrogen and oxygen atoms in total. The van der Waals surface area contributed by atoms with E-state index in [1.165, 1.54) is 4.88 Å². The highest BCUT2D eigenvalue weighted by atomic mass is 32.2. The summed E-state index contributed by atoms with van der Waals surface area (Å²) in [6.07, 6.45) is 3.96. The lowest BCUT2D eigenvalue weighted by molar-refractivity contribution is -0.132. The zero-order valence-corrected chi connectivity index (χ0v) is 21.3. The van der Waals surface area contributed by atoms with Crippen LogP contribution in [0.2, 0.25) is 0 Å². The fourth-order valence-electron chi connectivity index (χ4n) is 5.23. The summed E-state index contributed by atoms with van der Waals surface area (Å²) in [6.45, 7) is 2.34. The average molecular weight is 512 g/mol. The number of likely N-dealkylation sites (N-methyl/N-ethyl adjacent to an activating group) is 1. The molecular formula is C24H29N7O2S2. The molecule has 0 saturated carbocycles. The molecular weight excluding hydrogens is 482 g/mol. The van der Waals surface area contributed by atoms with E-state index in [-0.39, 0.29) is 11.9 Å². The van der Waals surface area contributed by atoms with Crippen LogP contribution in [-0.2, 0) is 22.4 Å². The number of H-pyrrole nitrogens is 1. The van der Waals surface area contributed by atoms with Crippen molar-refractivity contribution in [3.8, 4) is 10.6 Å². The van der Waals surface area contributed by atoms with Gasteiger partial charge in [-0.1, -0.05) is 6.07 Å². The monoisotopic (exact) mass is 511 g/mol. The number of aryl methyl sites for hydroxylation is 1. The molecule has 3 aliphatic heterocycles. The van der Waals surface area contributed by atoms with E-state index in [1.807, 2.05) is 7.05 Å². The predicted octanol–water partition coefficient (Wildman–Crippen LogP) is 3.01. The Labute approximate surface area is 211 Å². The number of fused-ring (bicyclic) bond motifs is 1. The van der Waals surface area contributed by atoms with E-state index >= 15 is 0 Å². The number of nitrogens with zero attached hydrogens (tertiary/aromatic N) is 5. The summed E-state index contributed by atoms with van der Waals surface area (Å²) in [5, 5.41) is 13.4. The minimum atomic E-state index is -1.08. The second-order valence-electron chi connectivity index (χ2n) is 9.55. The van der Waals surface area contributed by atoms with Crippen molar-refractivity contribution in [2.24, 2.45) is 0 Å². The number of hydrogen-bond acceptors (Lipinski definition) is 8. The molecule has 2 N–H and O–H groups in total. The first-order valence-electron chi connectivity index (χ1n) is 12.2.